The molecule has 0 heterocycles. The topological polar surface area (TPSA) is 15.3 Å². The van der Waals surface area contributed by atoms with Crippen LogP contribution in [0.1, 0.15) is 11.6 Å². The van der Waals surface area contributed by atoms with E-state index in [1.54, 1.807) is 36.4 Å². The van der Waals surface area contributed by atoms with Crippen molar-refractivity contribution in [3.63, 3.8) is 0 Å². The van der Waals surface area contributed by atoms with Crippen LogP contribution in [0.2, 0.25) is 0 Å². The summed E-state index contributed by atoms with van der Waals surface area (Å²) in [5, 5.41) is 2.58. The number of alkyl halides is 3. The number of halogens is 3. The Kier molecular flexibility index (Phi) is 4.40. The molecule has 0 spiro atoms. The molecule has 0 saturated heterocycles. The van der Waals surface area contributed by atoms with E-state index < -0.39 is 12.2 Å². The molecule has 21 heavy (non-hydrogen) atoms. The van der Waals surface area contributed by atoms with Crippen molar-refractivity contribution in [1.82, 2.24) is 0 Å². The number of rotatable bonds is 4. The molecule has 0 aliphatic rings. The van der Waals surface area contributed by atoms with Crippen LogP contribution in [0.4, 0.5) is 24.5 Å². The largest absolute Gasteiger partial charge is 0.412 e. The SMILES string of the molecule is CN(C)c1cccc(NC(c2ccccc2)C(F)(F)F)c1. The van der Waals surface area contributed by atoms with Crippen LogP contribution in [-0.4, -0.2) is 20.3 Å². The van der Waals surface area contributed by atoms with E-state index in [2.05, 4.69) is 5.32 Å². The fourth-order valence-corrected chi connectivity index (χ4v) is 2.04. The zero-order chi connectivity index (χ0) is 15.5. The van der Waals surface area contributed by atoms with Crippen LogP contribution in [0.25, 0.3) is 0 Å². The second-order valence-electron chi connectivity index (χ2n) is 4.97. The number of hydrogen-bond acceptors (Lipinski definition) is 2. The number of nitrogens with one attached hydrogen (secondary N) is 1. The molecule has 2 aromatic carbocycles. The summed E-state index contributed by atoms with van der Waals surface area (Å²) < 4.78 is 39.8. The van der Waals surface area contributed by atoms with Gasteiger partial charge in [0.25, 0.3) is 0 Å². The molecule has 0 radical (unpaired) electrons. The highest BCUT2D eigenvalue weighted by Gasteiger charge is 2.40. The Morgan fingerprint density at radius 2 is 1.62 bits per heavy atom. The highest BCUT2D eigenvalue weighted by molar-refractivity contribution is 5.58. The molecule has 0 fully saturated rings. The van der Waals surface area contributed by atoms with Crippen LogP contribution in [0.3, 0.4) is 0 Å². The third-order valence-corrected chi connectivity index (χ3v) is 3.13. The molecule has 0 bridgehead atoms. The summed E-state index contributed by atoms with van der Waals surface area (Å²) in [6.07, 6.45) is -4.37. The first-order chi connectivity index (χ1) is 9.88. The fraction of sp³-hybridized carbons (Fsp3) is 0.250. The van der Waals surface area contributed by atoms with E-state index in [1.165, 1.54) is 12.1 Å². The van der Waals surface area contributed by atoms with Gasteiger partial charge >= 0.3 is 6.18 Å². The maximum Gasteiger partial charge on any atom is 0.412 e. The van der Waals surface area contributed by atoms with Gasteiger partial charge in [-0.3, -0.25) is 0 Å². The summed E-state index contributed by atoms with van der Waals surface area (Å²) in [7, 11) is 3.69. The summed E-state index contributed by atoms with van der Waals surface area (Å²) in [5.41, 5.74) is 1.47. The van der Waals surface area contributed by atoms with Crippen LogP contribution in [0, 0.1) is 0 Å². The minimum Gasteiger partial charge on any atom is -0.378 e. The third kappa shape index (κ3) is 3.90. The van der Waals surface area contributed by atoms with Crippen molar-refractivity contribution in [2.24, 2.45) is 0 Å². The standard InChI is InChI=1S/C16H17F3N2/c1-21(2)14-10-6-9-13(11-14)20-15(16(17,18)19)12-7-4-3-5-8-12/h3-11,15,20H,1-2H3. The van der Waals surface area contributed by atoms with Crippen molar-refractivity contribution >= 4 is 11.4 Å². The summed E-state index contributed by atoms with van der Waals surface area (Å²) >= 11 is 0. The molecule has 1 N–H and O–H groups in total. The highest BCUT2D eigenvalue weighted by atomic mass is 19.4. The minimum atomic E-state index is -4.37. The first kappa shape index (κ1) is 15.2. The molecule has 0 aliphatic heterocycles. The lowest BCUT2D eigenvalue weighted by atomic mass is 10.1. The van der Waals surface area contributed by atoms with Gasteiger partial charge in [-0.15, -0.1) is 0 Å². The van der Waals surface area contributed by atoms with Gasteiger partial charge in [0.2, 0.25) is 0 Å². The van der Waals surface area contributed by atoms with E-state index in [0.29, 0.717) is 5.69 Å². The molecule has 1 atom stereocenters. The zero-order valence-electron chi connectivity index (χ0n) is 11.9. The van der Waals surface area contributed by atoms with Crippen LogP contribution in [0.15, 0.2) is 54.6 Å². The number of anilines is 2. The smallest absolute Gasteiger partial charge is 0.378 e. The van der Waals surface area contributed by atoms with Gasteiger partial charge in [-0.1, -0.05) is 36.4 Å². The van der Waals surface area contributed by atoms with Gasteiger partial charge < -0.3 is 10.2 Å². The molecular weight excluding hydrogens is 277 g/mol. The van der Waals surface area contributed by atoms with Crippen molar-refractivity contribution in [2.75, 3.05) is 24.3 Å². The van der Waals surface area contributed by atoms with E-state index in [0.717, 1.165) is 5.69 Å². The molecule has 0 aliphatic carbocycles. The number of nitrogens with zero attached hydrogens (tertiary/aromatic N) is 1. The monoisotopic (exact) mass is 294 g/mol. The average molecular weight is 294 g/mol. The molecule has 2 nitrogen and oxygen atoms in total. The van der Waals surface area contributed by atoms with E-state index in [9.17, 15) is 13.2 Å². The Bertz CT molecular complexity index is 580. The number of hydrogen-bond donors (Lipinski definition) is 1. The van der Waals surface area contributed by atoms with Crippen LogP contribution < -0.4 is 10.2 Å². The van der Waals surface area contributed by atoms with E-state index >= 15 is 0 Å². The Morgan fingerprint density at radius 1 is 0.952 bits per heavy atom. The second-order valence-corrected chi connectivity index (χ2v) is 4.97. The molecule has 1 unspecified atom stereocenters. The van der Waals surface area contributed by atoms with Gasteiger partial charge in [-0.25, -0.2) is 0 Å². The van der Waals surface area contributed by atoms with E-state index in [-0.39, 0.29) is 5.56 Å². The zero-order valence-corrected chi connectivity index (χ0v) is 11.9. The lowest BCUT2D eigenvalue weighted by Crippen LogP contribution is -2.27. The molecule has 0 aromatic heterocycles. The maximum absolute atomic E-state index is 13.3. The number of benzene rings is 2. The predicted octanol–water partition coefficient (Wildman–Crippen LogP) is 4.47. The van der Waals surface area contributed by atoms with Crippen molar-refractivity contribution in [3.05, 3.63) is 60.2 Å². The third-order valence-electron chi connectivity index (χ3n) is 3.13. The van der Waals surface area contributed by atoms with Crippen LogP contribution in [-0.2, 0) is 0 Å². The van der Waals surface area contributed by atoms with Crippen molar-refractivity contribution in [1.29, 1.82) is 0 Å². The summed E-state index contributed by atoms with van der Waals surface area (Å²) in [4.78, 5) is 1.84. The Labute approximate surface area is 122 Å². The van der Waals surface area contributed by atoms with Crippen LogP contribution in [0.5, 0.6) is 0 Å². The van der Waals surface area contributed by atoms with Gasteiger partial charge in [-0.05, 0) is 23.8 Å². The lowest BCUT2D eigenvalue weighted by molar-refractivity contribution is -0.144. The fourth-order valence-electron chi connectivity index (χ4n) is 2.04. The van der Waals surface area contributed by atoms with E-state index in [1.807, 2.05) is 25.1 Å². The predicted molar refractivity (Wildman–Crippen MR) is 79.6 cm³/mol. The van der Waals surface area contributed by atoms with Crippen molar-refractivity contribution < 1.29 is 13.2 Å². The Hall–Kier alpha value is -2.17. The average Bonchev–Trinajstić information content (AvgIpc) is 2.45. The normalized spacial score (nSPS) is 12.8. The molecular formula is C16H17F3N2. The van der Waals surface area contributed by atoms with Gasteiger partial charge in [0.1, 0.15) is 6.04 Å². The van der Waals surface area contributed by atoms with Crippen molar-refractivity contribution in [2.45, 2.75) is 12.2 Å². The first-order valence-corrected chi connectivity index (χ1v) is 6.53. The quantitative estimate of drug-likeness (QED) is 0.895. The molecule has 2 rings (SSSR count). The molecule has 2 aromatic rings. The summed E-state index contributed by atoms with van der Waals surface area (Å²) in [5.74, 6) is 0. The van der Waals surface area contributed by atoms with Gasteiger partial charge in [0.15, 0.2) is 0 Å². The summed E-state index contributed by atoms with van der Waals surface area (Å²) in [6.45, 7) is 0. The van der Waals surface area contributed by atoms with Gasteiger partial charge in [0.05, 0.1) is 0 Å². The molecule has 0 amide bonds. The lowest BCUT2D eigenvalue weighted by Gasteiger charge is -2.24. The molecule has 0 saturated carbocycles. The Morgan fingerprint density at radius 3 is 2.19 bits per heavy atom. The van der Waals surface area contributed by atoms with Gasteiger partial charge in [0, 0.05) is 25.5 Å². The highest BCUT2D eigenvalue weighted by Crippen LogP contribution is 2.36. The van der Waals surface area contributed by atoms with Gasteiger partial charge in [-0.2, -0.15) is 13.2 Å². The Balaban J connectivity index is 2.30. The maximum atomic E-state index is 13.3. The van der Waals surface area contributed by atoms with E-state index in [4.69, 9.17) is 0 Å². The minimum absolute atomic E-state index is 0.195. The first-order valence-electron chi connectivity index (χ1n) is 6.53. The molecule has 5 heteroatoms. The molecule has 112 valence electrons. The summed E-state index contributed by atoms with van der Waals surface area (Å²) in [6, 6.07) is 13.0. The second kappa shape index (κ2) is 6.08. The van der Waals surface area contributed by atoms with Crippen LogP contribution >= 0.6 is 0 Å². The van der Waals surface area contributed by atoms with Crippen molar-refractivity contribution in [3.8, 4) is 0 Å².